The molecule has 0 radical (unpaired) electrons. The van der Waals surface area contributed by atoms with E-state index in [9.17, 15) is 0 Å². The van der Waals surface area contributed by atoms with E-state index in [-0.39, 0.29) is 0 Å². The molecule has 3 rings (SSSR count). The zero-order chi connectivity index (χ0) is 14.8. The molecule has 0 spiro atoms. The number of imidazole rings is 1. The van der Waals surface area contributed by atoms with Gasteiger partial charge in [0.15, 0.2) is 4.96 Å². The van der Waals surface area contributed by atoms with Crippen LogP contribution in [-0.4, -0.2) is 16.4 Å². The standard InChI is InChI=1S/C14H13Cl2N3OS/c1-17-6-9-4-10(15)5-12(16)13(9)20-8-11-7-19-2-3-21-14(19)18-11/h2-5,7,17H,6,8H2,1H3. The summed E-state index contributed by atoms with van der Waals surface area (Å²) in [6, 6.07) is 3.54. The van der Waals surface area contributed by atoms with Crippen molar-refractivity contribution in [2.75, 3.05) is 7.05 Å². The van der Waals surface area contributed by atoms with Gasteiger partial charge in [0.1, 0.15) is 12.4 Å². The Morgan fingerprint density at radius 2 is 2.24 bits per heavy atom. The second-order valence-electron chi connectivity index (χ2n) is 4.52. The van der Waals surface area contributed by atoms with Crippen molar-refractivity contribution in [3.05, 3.63) is 51.2 Å². The molecule has 0 aliphatic carbocycles. The molecule has 4 nitrogen and oxygen atoms in total. The molecule has 110 valence electrons. The van der Waals surface area contributed by atoms with Gasteiger partial charge in [-0.05, 0) is 19.2 Å². The van der Waals surface area contributed by atoms with E-state index in [4.69, 9.17) is 27.9 Å². The number of ether oxygens (including phenoxy) is 1. The normalized spacial score (nSPS) is 11.2. The predicted octanol–water partition coefficient (Wildman–Crippen LogP) is 4.00. The summed E-state index contributed by atoms with van der Waals surface area (Å²) in [4.78, 5) is 5.43. The number of nitrogens with one attached hydrogen (secondary N) is 1. The van der Waals surface area contributed by atoms with E-state index in [0.29, 0.717) is 28.9 Å². The van der Waals surface area contributed by atoms with Gasteiger partial charge in [-0.15, -0.1) is 11.3 Å². The molecule has 1 N–H and O–H groups in total. The molecule has 0 aliphatic rings. The third-order valence-electron chi connectivity index (χ3n) is 2.96. The van der Waals surface area contributed by atoms with E-state index >= 15 is 0 Å². The van der Waals surface area contributed by atoms with E-state index in [0.717, 1.165) is 16.2 Å². The van der Waals surface area contributed by atoms with Crippen LogP contribution in [0.4, 0.5) is 0 Å². The first-order chi connectivity index (χ1) is 10.2. The van der Waals surface area contributed by atoms with Crippen LogP contribution in [-0.2, 0) is 13.2 Å². The molecule has 0 atom stereocenters. The Morgan fingerprint density at radius 3 is 3.00 bits per heavy atom. The Labute approximate surface area is 136 Å². The Morgan fingerprint density at radius 1 is 1.38 bits per heavy atom. The molecule has 0 saturated carbocycles. The van der Waals surface area contributed by atoms with Crippen LogP contribution in [0, 0.1) is 0 Å². The maximum absolute atomic E-state index is 6.23. The molecule has 0 amide bonds. The second-order valence-corrected chi connectivity index (χ2v) is 6.24. The summed E-state index contributed by atoms with van der Waals surface area (Å²) in [5.74, 6) is 0.645. The van der Waals surface area contributed by atoms with Crippen LogP contribution in [0.3, 0.4) is 0 Å². The lowest BCUT2D eigenvalue weighted by atomic mass is 10.2. The Bertz CT molecular complexity index is 740. The summed E-state index contributed by atoms with van der Waals surface area (Å²) < 4.78 is 7.83. The van der Waals surface area contributed by atoms with Gasteiger partial charge in [0.25, 0.3) is 0 Å². The summed E-state index contributed by atoms with van der Waals surface area (Å²) in [7, 11) is 1.86. The van der Waals surface area contributed by atoms with Crippen LogP contribution in [0.2, 0.25) is 10.0 Å². The number of halogens is 2. The van der Waals surface area contributed by atoms with Crippen molar-refractivity contribution in [1.29, 1.82) is 0 Å². The van der Waals surface area contributed by atoms with Gasteiger partial charge in [0.05, 0.1) is 10.7 Å². The number of fused-ring (bicyclic) bond motifs is 1. The molecule has 3 aromatic rings. The van der Waals surface area contributed by atoms with Crippen LogP contribution in [0.1, 0.15) is 11.3 Å². The molecule has 0 fully saturated rings. The van der Waals surface area contributed by atoms with E-state index in [1.807, 2.05) is 35.3 Å². The lowest BCUT2D eigenvalue weighted by molar-refractivity contribution is 0.298. The quantitative estimate of drug-likeness (QED) is 0.762. The highest BCUT2D eigenvalue weighted by Gasteiger charge is 2.12. The topological polar surface area (TPSA) is 38.6 Å². The first-order valence-corrected chi connectivity index (χ1v) is 7.97. The van der Waals surface area contributed by atoms with Gasteiger partial charge in [-0.25, -0.2) is 4.98 Å². The molecule has 0 bridgehead atoms. The molecule has 2 heterocycles. The van der Waals surface area contributed by atoms with Crippen LogP contribution < -0.4 is 10.1 Å². The molecular weight excluding hydrogens is 329 g/mol. The van der Waals surface area contributed by atoms with Crippen LogP contribution in [0.5, 0.6) is 5.75 Å². The maximum Gasteiger partial charge on any atom is 0.193 e. The zero-order valence-corrected chi connectivity index (χ0v) is 13.6. The SMILES string of the molecule is CNCc1cc(Cl)cc(Cl)c1OCc1cn2ccsc2n1. The molecular formula is C14H13Cl2N3OS. The first-order valence-electron chi connectivity index (χ1n) is 6.34. The fraction of sp³-hybridized carbons (Fsp3) is 0.214. The number of aromatic nitrogens is 2. The largest absolute Gasteiger partial charge is 0.485 e. The fourth-order valence-electron chi connectivity index (χ4n) is 2.09. The van der Waals surface area contributed by atoms with Gasteiger partial charge in [-0.3, -0.25) is 4.40 Å². The van der Waals surface area contributed by atoms with Gasteiger partial charge in [-0.2, -0.15) is 0 Å². The van der Waals surface area contributed by atoms with E-state index < -0.39 is 0 Å². The van der Waals surface area contributed by atoms with Gasteiger partial charge >= 0.3 is 0 Å². The molecule has 0 unspecified atom stereocenters. The number of rotatable bonds is 5. The average molecular weight is 342 g/mol. The highest BCUT2D eigenvalue weighted by atomic mass is 35.5. The highest BCUT2D eigenvalue weighted by molar-refractivity contribution is 7.15. The monoisotopic (exact) mass is 341 g/mol. The van der Waals surface area contributed by atoms with Gasteiger partial charge in [-0.1, -0.05) is 23.2 Å². The van der Waals surface area contributed by atoms with Crippen LogP contribution in [0.25, 0.3) is 4.96 Å². The lowest BCUT2D eigenvalue weighted by Crippen LogP contribution is -2.08. The molecule has 2 aromatic heterocycles. The fourth-order valence-corrected chi connectivity index (χ4v) is 3.40. The Hall–Kier alpha value is -1.27. The summed E-state index contributed by atoms with van der Waals surface area (Å²) in [6.45, 7) is 1.00. The van der Waals surface area contributed by atoms with Crippen LogP contribution in [0.15, 0.2) is 29.9 Å². The van der Waals surface area contributed by atoms with E-state index in [2.05, 4.69) is 10.3 Å². The second kappa shape index (κ2) is 6.23. The average Bonchev–Trinajstić information content (AvgIpc) is 2.98. The molecule has 0 aliphatic heterocycles. The van der Waals surface area contributed by atoms with Crippen molar-refractivity contribution >= 4 is 39.5 Å². The van der Waals surface area contributed by atoms with Crippen molar-refractivity contribution < 1.29 is 4.74 Å². The molecule has 21 heavy (non-hydrogen) atoms. The predicted molar refractivity (Wildman–Crippen MR) is 86.6 cm³/mol. The van der Waals surface area contributed by atoms with Gasteiger partial charge in [0.2, 0.25) is 0 Å². The van der Waals surface area contributed by atoms with Crippen molar-refractivity contribution in [3.63, 3.8) is 0 Å². The number of nitrogens with zero attached hydrogens (tertiary/aromatic N) is 2. The minimum Gasteiger partial charge on any atom is -0.485 e. The maximum atomic E-state index is 6.23. The minimum atomic E-state index is 0.368. The smallest absolute Gasteiger partial charge is 0.193 e. The van der Waals surface area contributed by atoms with Crippen molar-refractivity contribution in [2.45, 2.75) is 13.2 Å². The summed E-state index contributed by atoms with van der Waals surface area (Å²) in [5.41, 5.74) is 1.79. The highest BCUT2D eigenvalue weighted by Crippen LogP contribution is 2.33. The minimum absolute atomic E-state index is 0.368. The van der Waals surface area contributed by atoms with Crippen molar-refractivity contribution in [3.8, 4) is 5.75 Å². The number of hydrogen-bond acceptors (Lipinski definition) is 4. The molecule has 1 aromatic carbocycles. The summed E-state index contributed by atoms with van der Waals surface area (Å²) >= 11 is 13.9. The van der Waals surface area contributed by atoms with E-state index in [1.165, 1.54) is 0 Å². The Kier molecular flexibility index (Phi) is 4.35. The first kappa shape index (κ1) is 14.7. The summed E-state index contributed by atoms with van der Waals surface area (Å²) in [5, 5.41) is 6.18. The van der Waals surface area contributed by atoms with Crippen molar-refractivity contribution in [2.24, 2.45) is 0 Å². The van der Waals surface area contributed by atoms with Crippen LogP contribution >= 0.6 is 34.5 Å². The third-order valence-corrected chi connectivity index (χ3v) is 4.23. The summed E-state index contributed by atoms with van der Waals surface area (Å²) in [6.07, 6.45) is 3.92. The lowest BCUT2D eigenvalue weighted by Gasteiger charge is -2.13. The number of hydrogen-bond donors (Lipinski definition) is 1. The molecule has 7 heteroatoms. The van der Waals surface area contributed by atoms with Gasteiger partial charge < -0.3 is 10.1 Å². The third kappa shape index (κ3) is 3.16. The number of thiazole rings is 1. The zero-order valence-electron chi connectivity index (χ0n) is 11.3. The molecule has 0 saturated heterocycles. The number of benzene rings is 1. The van der Waals surface area contributed by atoms with Gasteiger partial charge in [0, 0.05) is 34.9 Å². The van der Waals surface area contributed by atoms with E-state index in [1.54, 1.807) is 17.4 Å². The Balaban J connectivity index is 1.82. The van der Waals surface area contributed by atoms with Crippen molar-refractivity contribution in [1.82, 2.24) is 14.7 Å².